The number of anilines is 1. The smallest absolute Gasteiger partial charge is 0.165 e. The number of benzene rings is 1. The number of nitrogens with two attached hydrogens (primary N) is 1. The van der Waals surface area contributed by atoms with Gasteiger partial charge in [-0.25, -0.2) is 4.39 Å². The van der Waals surface area contributed by atoms with E-state index in [1.807, 2.05) is 6.92 Å². The third-order valence-electron chi connectivity index (χ3n) is 2.02. The Hall–Kier alpha value is -1.25. The SMILES string of the molecule is CCOc1c(F)cc(C)c(N)c1C. The lowest BCUT2D eigenvalue weighted by Gasteiger charge is -2.12. The first-order valence-electron chi connectivity index (χ1n) is 4.25. The van der Waals surface area contributed by atoms with Gasteiger partial charge in [0.15, 0.2) is 11.6 Å². The van der Waals surface area contributed by atoms with Crippen molar-refractivity contribution in [1.29, 1.82) is 0 Å². The molecule has 2 nitrogen and oxygen atoms in total. The van der Waals surface area contributed by atoms with Gasteiger partial charge in [-0.1, -0.05) is 0 Å². The number of ether oxygens (including phenoxy) is 1. The summed E-state index contributed by atoms with van der Waals surface area (Å²) in [7, 11) is 0. The Morgan fingerprint density at radius 3 is 2.62 bits per heavy atom. The van der Waals surface area contributed by atoms with Gasteiger partial charge in [0.1, 0.15) is 0 Å². The first-order valence-corrected chi connectivity index (χ1v) is 4.25. The van der Waals surface area contributed by atoms with E-state index in [1.165, 1.54) is 6.07 Å². The highest BCUT2D eigenvalue weighted by Crippen LogP contribution is 2.29. The first kappa shape index (κ1) is 9.84. The molecule has 0 aliphatic heterocycles. The second kappa shape index (κ2) is 3.64. The molecule has 0 heterocycles. The summed E-state index contributed by atoms with van der Waals surface area (Å²) >= 11 is 0. The van der Waals surface area contributed by atoms with Gasteiger partial charge in [0, 0.05) is 11.3 Å². The van der Waals surface area contributed by atoms with Gasteiger partial charge in [-0.2, -0.15) is 0 Å². The monoisotopic (exact) mass is 183 g/mol. The molecule has 72 valence electrons. The largest absolute Gasteiger partial charge is 0.490 e. The summed E-state index contributed by atoms with van der Waals surface area (Å²) in [5.74, 6) is -0.0725. The number of nitrogen functional groups attached to an aromatic ring is 1. The summed E-state index contributed by atoms with van der Waals surface area (Å²) in [6, 6.07) is 1.40. The third kappa shape index (κ3) is 1.74. The van der Waals surface area contributed by atoms with Crippen LogP contribution in [-0.4, -0.2) is 6.61 Å². The molecule has 0 amide bonds. The summed E-state index contributed by atoms with van der Waals surface area (Å²) in [6.07, 6.45) is 0. The van der Waals surface area contributed by atoms with E-state index in [9.17, 15) is 4.39 Å². The Bertz CT molecular complexity index is 323. The zero-order valence-electron chi connectivity index (χ0n) is 8.15. The molecule has 0 radical (unpaired) electrons. The Kier molecular flexibility index (Phi) is 2.76. The standard InChI is InChI=1S/C10H14FNO/c1-4-13-10-7(3)9(12)6(2)5-8(10)11/h5H,4,12H2,1-3H3. The highest BCUT2D eigenvalue weighted by molar-refractivity contribution is 5.59. The van der Waals surface area contributed by atoms with Gasteiger partial charge in [-0.15, -0.1) is 0 Å². The Balaban J connectivity index is 3.26. The maximum absolute atomic E-state index is 13.3. The Labute approximate surface area is 77.5 Å². The van der Waals surface area contributed by atoms with Crippen molar-refractivity contribution in [2.75, 3.05) is 12.3 Å². The molecule has 0 saturated heterocycles. The summed E-state index contributed by atoms with van der Waals surface area (Å²) in [5.41, 5.74) is 7.77. The molecule has 0 unspecified atom stereocenters. The van der Waals surface area contributed by atoms with Crippen molar-refractivity contribution >= 4 is 5.69 Å². The van der Waals surface area contributed by atoms with Crippen LogP contribution >= 0.6 is 0 Å². The van der Waals surface area contributed by atoms with Crippen molar-refractivity contribution < 1.29 is 9.13 Å². The molecule has 0 saturated carbocycles. The van der Waals surface area contributed by atoms with Crippen molar-refractivity contribution in [3.05, 3.63) is 23.0 Å². The van der Waals surface area contributed by atoms with Crippen LogP contribution in [0.1, 0.15) is 18.1 Å². The summed E-state index contributed by atoms with van der Waals surface area (Å²) < 4.78 is 18.4. The molecule has 1 aromatic rings. The number of hydrogen-bond acceptors (Lipinski definition) is 2. The van der Waals surface area contributed by atoms with Gasteiger partial charge in [-0.3, -0.25) is 0 Å². The minimum Gasteiger partial charge on any atom is -0.490 e. The zero-order chi connectivity index (χ0) is 10.0. The molecular formula is C10H14FNO. The zero-order valence-corrected chi connectivity index (χ0v) is 8.15. The molecule has 0 aromatic heterocycles. The Morgan fingerprint density at radius 1 is 1.46 bits per heavy atom. The molecule has 0 fully saturated rings. The fourth-order valence-corrected chi connectivity index (χ4v) is 1.25. The van der Waals surface area contributed by atoms with Crippen molar-refractivity contribution in [2.24, 2.45) is 0 Å². The van der Waals surface area contributed by atoms with Crippen LogP contribution in [0.4, 0.5) is 10.1 Å². The quantitative estimate of drug-likeness (QED) is 0.714. The summed E-state index contributed by atoms with van der Waals surface area (Å²) in [6.45, 7) is 5.80. The lowest BCUT2D eigenvalue weighted by molar-refractivity contribution is 0.319. The molecule has 3 heteroatoms. The van der Waals surface area contributed by atoms with Crippen LogP contribution in [0.3, 0.4) is 0 Å². The van der Waals surface area contributed by atoms with Gasteiger partial charge < -0.3 is 10.5 Å². The molecule has 0 bridgehead atoms. The fourth-order valence-electron chi connectivity index (χ4n) is 1.25. The van der Waals surface area contributed by atoms with Crippen molar-refractivity contribution in [1.82, 2.24) is 0 Å². The van der Waals surface area contributed by atoms with Gasteiger partial charge in [0.2, 0.25) is 0 Å². The highest BCUT2D eigenvalue weighted by atomic mass is 19.1. The van der Waals surface area contributed by atoms with E-state index in [0.29, 0.717) is 17.9 Å². The molecule has 0 spiro atoms. The van der Waals surface area contributed by atoms with E-state index < -0.39 is 0 Å². The van der Waals surface area contributed by atoms with Crippen LogP contribution in [0.5, 0.6) is 5.75 Å². The van der Waals surface area contributed by atoms with E-state index in [0.717, 1.165) is 5.56 Å². The normalized spacial score (nSPS) is 10.2. The predicted octanol–water partition coefficient (Wildman–Crippen LogP) is 2.42. The maximum atomic E-state index is 13.3. The first-order chi connectivity index (χ1) is 6.07. The molecule has 13 heavy (non-hydrogen) atoms. The van der Waals surface area contributed by atoms with Crippen LogP contribution in [0.2, 0.25) is 0 Å². The molecule has 0 atom stereocenters. The van der Waals surface area contributed by atoms with Crippen molar-refractivity contribution in [2.45, 2.75) is 20.8 Å². The van der Waals surface area contributed by atoms with Crippen LogP contribution in [0.15, 0.2) is 6.07 Å². The topological polar surface area (TPSA) is 35.2 Å². The summed E-state index contributed by atoms with van der Waals surface area (Å²) in [4.78, 5) is 0. The average Bonchev–Trinajstić information content (AvgIpc) is 2.09. The second-order valence-electron chi connectivity index (χ2n) is 2.98. The third-order valence-corrected chi connectivity index (χ3v) is 2.02. The number of halogens is 1. The van der Waals surface area contributed by atoms with Crippen molar-refractivity contribution in [3.63, 3.8) is 0 Å². The molecule has 1 rings (SSSR count). The van der Waals surface area contributed by atoms with Crippen LogP contribution in [-0.2, 0) is 0 Å². The van der Waals surface area contributed by atoms with Gasteiger partial charge in [0.05, 0.1) is 6.61 Å². The molecule has 2 N–H and O–H groups in total. The Morgan fingerprint density at radius 2 is 2.08 bits per heavy atom. The molecular weight excluding hydrogens is 169 g/mol. The maximum Gasteiger partial charge on any atom is 0.165 e. The van der Waals surface area contributed by atoms with E-state index in [4.69, 9.17) is 10.5 Å². The van der Waals surface area contributed by atoms with E-state index in [2.05, 4.69) is 0 Å². The van der Waals surface area contributed by atoms with Crippen LogP contribution in [0, 0.1) is 19.7 Å². The van der Waals surface area contributed by atoms with Gasteiger partial charge in [-0.05, 0) is 32.4 Å². The average molecular weight is 183 g/mol. The van der Waals surface area contributed by atoms with Crippen LogP contribution in [0.25, 0.3) is 0 Å². The van der Waals surface area contributed by atoms with E-state index in [-0.39, 0.29) is 11.6 Å². The lowest BCUT2D eigenvalue weighted by Crippen LogP contribution is -2.02. The lowest BCUT2D eigenvalue weighted by atomic mass is 10.1. The van der Waals surface area contributed by atoms with Gasteiger partial charge in [0.25, 0.3) is 0 Å². The van der Waals surface area contributed by atoms with Crippen molar-refractivity contribution in [3.8, 4) is 5.75 Å². The fraction of sp³-hybridized carbons (Fsp3) is 0.400. The van der Waals surface area contributed by atoms with Gasteiger partial charge >= 0.3 is 0 Å². The molecule has 0 aliphatic rings. The van der Waals surface area contributed by atoms with E-state index in [1.54, 1.807) is 13.8 Å². The number of aryl methyl sites for hydroxylation is 1. The van der Waals surface area contributed by atoms with Crippen LogP contribution < -0.4 is 10.5 Å². The predicted molar refractivity (Wildman–Crippen MR) is 51.5 cm³/mol. The second-order valence-corrected chi connectivity index (χ2v) is 2.98. The van der Waals surface area contributed by atoms with E-state index >= 15 is 0 Å². The number of rotatable bonds is 2. The molecule has 1 aromatic carbocycles. The number of hydrogen-bond donors (Lipinski definition) is 1. The summed E-state index contributed by atoms with van der Waals surface area (Å²) in [5, 5.41) is 0. The highest BCUT2D eigenvalue weighted by Gasteiger charge is 2.11. The molecule has 0 aliphatic carbocycles. The minimum absolute atomic E-state index is 0.269. The minimum atomic E-state index is -0.342.